The molecule has 0 bridgehead atoms. The summed E-state index contributed by atoms with van der Waals surface area (Å²) in [6, 6.07) is 34.2. The van der Waals surface area contributed by atoms with Gasteiger partial charge in [0.15, 0.2) is 0 Å². The summed E-state index contributed by atoms with van der Waals surface area (Å²) in [6.45, 7) is 0. The number of hydrogen-bond donors (Lipinski definition) is 1. The van der Waals surface area contributed by atoms with E-state index in [1.54, 1.807) is 48.7 Å². The lowest BCUT2D eigenvalue weighted by Crippen LogP contribution is -2.25. The predicted octanol–water partition coefficient (Wildman–Crippen LogP) is 6.12. The monoisotopic (exact) mass is 538 g/mol. The molecule has 0 unspecified atom stereocenters. The number of nitrogens with one attached hydrogen (secondary N) is 1. The second-order valence-electron chi connectivity index (χ2n) is 8.66. The van der Waals surface area contributed by atoms with Crippen molar-refractivity contribution in [3.8, 4) is 5.75 Å². The van der Waals surface area contributed by atoms with Crippen LogP contribution in [-0.2, 0) is 10.2 Å². The highest BCUT2D eigenvalue weighted by Gasteiger charge is 2.60. The first kappa shape index (κ1) is 23.7. The molecule has 1 fully saturated rings. The molecule has 1 aliphatic rings. The molecule has 0 heterocycles. The van der Waals surface area contributed by atoms with E-state index in [4.69, 9.17) is 4.74 Å². The molecule has 5 nitrogen and oxygen atoms in total. The molecule has 36 heavy (non-hydrogen) atoms. The van der Waals surface area contributed by atoms with Gasteiger partial charge in [-0.2, -0.15) is 5.10 Å². The number of halogens is 1. The van der Waals surface area contributed by atoms with Gasteiger partial charge in [0.25, 0.3) is 0 Å². The number of carbonyl (C=O) groups is 2. The van der Waals surface area contributed by atoms with Gasteiger partial charge in [0.2, 0.25) is 5.91 Å². The van der Waals surface area contributed by atoms with E-state index in [1.165, 1.54) is 0 Å². The van der Waals surface area contributed by atoms with Gasteiger partial charge >= 0.3 is 5.97 Å². The van der Waals surface area contributed by atoms with Crippen LogP contribution in [0.5, 0.6) is 5.75 Å². The number of carbonyl (C=O) groups excluding carboxylic acids is 2. The Hall–Kier alpha value is -4.03. The molecule has 1 aliphatic carbocycles. The highest BCUT2D eigenvalue weighted by molar-refractivity contribution is 9.10. The number of hydrogen-bond acceptors (Lipinski definition) is 4. The van der Waals surface area contributed by atoms with E-state index < -0.39 is 5.97 Å². The fourth-order valence-corrected chi connectivity index (χ4v) is 4.91. The van der Waals surface area contributed by atoms with Crippen molar-refractivity contribution in [2.75, 3.05) is 0 Å². The van der Waals surface area contributed by atoms with Crippen LogP contribution in [0, 0.1) is 5.92 Å². The average molecular weight is 539 g/mol. The Morgan fingerprint density at radius 2 is 1.50 bits per heavy atom. The molecule has 6 heteroatoms. The van der Waals surface area contributed by atoms with Crippen molar-refractivity contribution in [2.45, 2.75) is 11.8 Å². The third-order valence-electron chi connectivity index (χ3n) is 6.39. The summed E-state index contributed by atoms with van der Waals surface area (Å²) in [4.78, 5) is 25.3. The van der Waals surface area contributed by atoms with Gasteiger partial charge in [-0.05, 0) is 65.6 Å². The van der Waals surface area contributed by atoms with Crippen LogP contribution in [-0.4, -0.2) is 18.1 Å². The van der Waals surface area contributed by atoms with Crippen molar-refractivity contribution in [1.29, 1.82) is 0 Å². The van der Waals surface area contributed by atoms with Gasteiger partial charge in [-0.1, -0.05) is 82.7 Å². The number of rotatable bonds is 7. The molecule has 0 radical (unpaired) electrons. The number of benzene rings is 4. The Kier molecular flexibility index (Phi) is 6.78. The second-order valence-corrected chi connectivity index (χ2v) is 9.58. The molecule has 0 spiro atoms. The van der Waals surface area contributed by atoms with Crippen LogP contribution < -0.4 is 10.2 Å². The molecule has 0 aliphatic heterocycles. The van der Waals surface area contributed by atoms with Gasteiger partial charge in [-0.25, -0.2) is 10.2 Å². The highest BCUT2D eigenvalue weighted by Crippen LogP contribution is 2.58. The first-order valence-corrected chi connectivity index (χ1v) is 12.4. The van der Waals surface area contributed by atoms with Crippen molar-refractivity contribution >= 4 is 34.0 Å². The van der Waals surface area contributed by atoms with Gasteiger partial charge in [-0.3, -0.25) is 4.79 Å². The van der Waals surface area contributed by atoms with Crippen LogP contribution in [0.2, 0.25) is 0 Å². The molecule has 0 saturated heterocycles. The lowest BCUT2D eigenvalue weighted by atomic mass is 9.85. The molecule has 5 rings (SSSR count). The van der Waals surface area contributed by atoms with E-state index in [0.29, 0.717) is 11.3 Å². The fourth-order valence-electron chi connectivity index (χ4n) is 4.51. The van der Waals surface area contributed by atoms with Gasteiger partial charge in [-0.15, -0.1) is 0 Å². The van der Waals surface area contributed by atoms with Crippen LogP contribution in [0.25, 0.3) is 0 Å². The molecule has 1 N–H and O–H groups in total. The van der Waals surface area contributed by atoms with Gasteiger partial charge in [0, 0.05) is 9.89 Å². The maximum absolute atomic E-state index is 13.0. The Morgan fingerprint density at radius 3 is 2.11 bits per heavy atom. The summed E-state index contributed by atoms with van der Waals surface area (Å²) in [7, 11) is 0. The van der Waals surface area contributed by atoms with Crippen molar-refractivity contribution in [3.63, 3.8) is 0 Å². The lowest BCUT2D eigenvalue weighted by Gasteiger charge is -2.18. The first-order valence-electron chi connectivity index (χ1n) is 11.6. The van der Waals surface area contributed by atoms with E-state index in [0.717, 1.165) is 27.6 Å². The largest absolute Gasteiger partial charge is 0.423 e. The zero-order valence-electron chi connectivity index (χ0n) is 19.3. The third-order valence-corrected chi connectivity index (χ3v) is 6.89. The number of nitrogens with zero attached hydrogens (tertiary/aromatic N) is 1. The zero-order valence-corrected chi connectivity index (χ0v) is 20.9. The fraction of sp³-hybridized carbons (Fsp3) is 0.100. The molecule has 4 aromatic carbocycles. The minimum Gasteiger partial charge on any atom is -0.423 e. The van der Waals surface area contributed by atoms with E-state index in [-0.39, 0.29) is 17.2 Å². The van der Waals surface area contributed by atoms with E-state index in [9.17, 15) is 9.59 Å². The summed E-state index contributed by atoms with van der Waals surface area (Å²) >= 11 is 3.35. The predicted molar refractivity (Wildman–Crippen MR) is 143 cm³/mol. The zero-order chi connectivity index (χ0) is 25.0. The van der Waals surface area contributed by atoms with Crippen LogP contribution in [0.4, 0.5) is 0 Å². The Labute approximate surface area is 218 Å². The topological polar surface area (TPSA) is 67.8 Å². The minimum atomic E-state index is -0.435. The molecular formula is C30H23BrN2O3. The number of esters is 1. The molecule has 1 saturated carbocycles. The highest BCUT2D eigenvalue weighted by atomic mass is 79.9. The van der Waals surface area contributed by atoms with Crippen LogP contribution in [0.3, 0.4) is 0 Å². The standard InChI is InChI=1S/C30H23BrN2O3/c31-25-13-7-8-22(18-25)29(35)36-26-16-14-21(15-17-26)20-32-33-28(34)27-19-30(27,23-9-3-1-4-10-23)24-11-5-2-6-12-24/h1-18,20,27H,19H2,(H,33,34)/b32-20-/t27-/m0/s1. The van der Waals surface area contributed by atoms with Crippen molar-refractivity contribution in [3.05, 3.63) is 136 Å². The lowest BCUT2D eigenvalue weighted by molar-refractivity contribution is -0.122. The molecule has 1 atom stereocenters. The molecule has 0 aromatic heterocycles. The quantitative estimate of drug-likeness (QED) is 0.133. The molecule has 4 aromatic rings. The maximum atomic E-state index is 13.0. The van der Waals surface area contributed by atoms with Gasteiger partial charge in [0.05, 0.1) is 17.7 Å². The van der Waals surface area contributed by atoms with E-state index >= 15 is 0 Å². The van der Waals surface area contributed by atoms with Crippen LogP contribution in [0.15, 0.2) is 119 Å². The van der Waals surface area contributed by atoms with E-state index in [2.05, 4.69) is 50.7 Å². The van der Waals surface area contributed by atoms with Gasteiger partial charge < -0.3 is 4.74 Å². The normalized spacial score (nSPS) is 15.9. The molecular weight excluding hydrogens is 516 g/mol. The SMILES string of the molecule is O=C(Oc1ccc(/C=N\NC(=O)[C@@H]2CC2(c2ccccc2)c2ccccc2)cc1)c1cccc(Br)c1. The second kappa shape index (κ2) is 10.3. The summed E-state index contributed by atoms with van der Waals surface area (Å²) in [6.07, 6.45) is 2.31. The summed E-state index contributed by atoms with van der Waals surface area (Å²) in [5.41, 5.74) is 5.86. The van der Waals surface area contributed by atoms with Gasteiger partial charge in [0.1, 0.15) is 5.75 Å². The average Bonchev–Trinajstić information content (AvgIpc) is 3.68. The maximum Gasteiger partial charge on any atom is 0.343 e. The van der Waals surface area contributed by atoms with Crippen molar-refractivity contribution in [2.24, 2.45) is 11.0 Å². The van der Waals surface area contributed by atoms with E-state index in [1.807, 2.05) is 42.5 Å². The Morgan fingerprint density at radius 1 is 0.861 bits per heavy atom. The number of ether oxygens (including phenoxy) is 1. The van der Waals surface area contributed by atoms with Crippen molar-refractivity contribution in [1.82, 2.24) is 5.43 Å². The number of amides is 1. The summed E-state index contributed by atoms with van der Waals surface area (Å²) in [5.74, 6) is -0.317. The molecule has 178 valence electrons. The molecule has 1 amide bonds. The van der Waals surface area contributed by atoms with Crippen LogP contribution >= 0.6 is 15.9 Å². The minimum absolute atomic E-state index is 0.112. The van der Waals surface area contributed by atoms with Crippen molar-refractivity contribution < 1.29 is 14.3 Å². The Balaban J connectivity index is 1.22. The smallest absolute Gasteiger partial charge is 0.343 e. The summed E-state index contributed by atoms with van der Waals surface area (Å²) in [5, 5.41) is 4.17. The van der Waals surface area contributed by atoms with Crippen LogP contribution in [0.1, 0.15) is 33.5 Å². The third kappa shape index (κ3) is 4.99. The Bertz CT molecular complexity index is 1360. The first-order chi connectivity index (χ1) is 17.6. The summed E-state index contributed by atoms with van der Waals surface area (Å²) < 4.78 is 6.23. The number of hydrazone groups is 1.